The Hall–Kier alpha value is -1.73. The maximum atomic E-state index is 12.0. The maximum absolute atomic E-state index is 12.0. The first-order chi connectivity index (χ1) is 9.97. The number of hydrogen-bond donors (Lipinski definition) is 0. The lowest BCUT2D eigenvalue weighted by atomic mass is 10.1. The van der Waals surface area contributed by atoms with Gasteiger partial charge in [-0.3, -0.25) is 14.9 Å². The van der Waals surface area contributed by atoms with E-state index in [0.717, 1.165) is 4.47 Å². The number of nitro groups is 1. The lowest BCUT2D eigenvalue weighted by molar-refractivity contribution is -0.385. The summed E-state index contributed by atoms with van der Waals surface area (Å²) in [5.41, 5.74) is 0.297. The largest absolute Gasteiger partial charge is 0.478 e. The highest BCUT2D eigenvalue weighted by atomic mass is 79.9. The molecule has 0 heterocycles. The predicted molar refractivity (Wildman–Crippen MR) is 84.8 cm³/mol. The van der Waals surface area contributed by atoms with E-state index in [1.807, 2.05) is 0 Å². The number of ketones is 1. The second-order valence-electron chi connectivity index (χ2n) is 4.09. The van der Waals surface area contributed by atoms with Crippen molar-refractivity contribution >= 4 is 43.3 Å². The zero-order valence-corrected chi connectivity index (χ0v) is 13.8. The molecule has 21 heavy (non-hydrogen) atoms. The van der Waals surface area contributed by atoms with E-state index in [0.29, 0.717) is 10.0 Å². The molecule has 2 aromatic carbocycles. The number of halogens is 2. The highest BCUT2D eigenvalue weighted by Crippen LogP contribution is 2.30. The fraction of sp³-hybridized carbons (Fsp3) is 0.0714. The Kier molecular flexibility index (Phi) is 5.08. The third-order valence-electron chi connectivity index (χ3n) is 2.64. The maximum Gasteiger partial charge on any atom is 0.312 e. The van der Waals surface area contributed by atoms with Gasteiger partial charge in [0.15, 0.2) is 18.1 Å². The molecular weight excluding hydrogens is 406 g/mol. The van der Waals surface area contributed by atoms with Gasteiger partial charge in [-0.05, 0) is 24.3 Å². The summed E-state index contributed by atoms with van der Waals surface area (Å²) in [4.78, 5) is 22.3. The van der Waals surface area contributed by atoms with E-state index in [-0.39, 0.29) is 23.8 Å². The number of Topliss-reactive ketones (excluding diaryl/α,β-unsaturated/α-hetero) is 1. The lowest BCUT2D eigenvalue weighted by Gasteiger charge is -2.06. The molecule has 0 saturated carbocycles. The molecule has 0 unspecified atom stereocenters. The molecule has 0 aliphatic carbocycles. The first-order valence-corrected chi connectivity index (χ1v) is 7.41. The third kappa shape index (κ3) is 4.12. The number of rotatable bonds is 5. The fourth-order valence-corrected chi connectivity index (χ4v) is 2.23. The molecule has 0 radical (unpaired) electrons. The summed E-state index contributed by atoms with van der Waals surface area (Å²) in [6, 6.07) is 11.2. The van der Waals surface area contributed by atoms with Gasteiger partial charge in [-0.25, -0.2) is 0 Å². The molecule has 108 valence electrons. The summed E-state index contributed by atoms with van der Waals surface area (Å²) in [5, 5.41) is 10.9. The van der Waals surface area contributed by atoms with Gasteiger partial charge in [-0.15, -0.1) is 0 Å². The minimum atomic E-state index is -0.551. The second kappa shape index (κ2) is 6.82. The number of nitrogens with zero attached hydrogens (tertiary/aromatic N) is 1. The number of benzene rings is 2. The van der Waals surface area contributed by atoms with Crippen molar-refractivity contribution in [2.24, 2.45) is 0 Å². The molecule has 0 fully saturated rings. The van der Waals surface area contributed by atoms with Crippen molar-refractivity contribution in [3.63, 3.8) is 0 Å². The second-order valence-corrected chi connectivity index (χ2v) is 5.92. The average Bonchev–Trinajstić information content (AvgIpc) is 2.46. The monoisotopic (exact) mass is 413 g/mol. The predicted octanol–water partition coefficient (Wildman–Crippen LogP) is 4.38. The van der Waals surface area contributed by atoms with E-state index in [1.54, 1.807) is 30.3 Å². The van der Waals surface area contributed by atoms with Crippen molar-refractivity contribution < 1.29 is 14.5 Å². The van der Waals surface area contributed by atoms with Crippen LogP contribution in [0.2, 0.25) is 0 Å². The van der Waals surface area contributed by atoms with Crippen LogP contribution in [0, 0.1) is 10.1 Å². The van der Waals surface area contributed by atoms with E-state index in [1.165, 1.54) is 12.1 Å². The molecule has 0 aliphatic heterocycles. The molecular formula is C14H9Br2NO4. The normalized spacial score (nSPS) is 10.2. The molecule has 0 N–H and O–H groups in total. The molecule has 0 atom stereocenters. The molecule has 0 aliphatic rings. The van der Waals surface area contributed by atoms with Crippen molar-refractivity contribution in [3.8, 4) is 5.75 Å². The third-order valence-corrected chi connectivity index (χ3v) is 3.66. The van der Waals surface area contributed by atoms with Crippen LogP contribution in [0.5, 0.6) is 5.75 Å². The SMILES string of the molecule is O=C(COc1ccc(Br)cc1[N+](=O)[O-])c1ccc(Br)cc1. The molecule has 5 nitrogen and oxygen atoms in total. The molecule has 0 amide bonds. The van der Waals surface area contributed by atoms with Gasteiger partial charge >= 0.3 is 5.69 Å². The minimum absolute atomic E-state index is 0.0636. The summed E-state index contributed by atoms with van der Waals surface area (Å²) >= 11 is 6.44. The van der Waals surface area contributed by atoms with Gasteiger partial charge in [0, 0.05) is 20.6 Å². The van der Waals surface area contributed by atoms with Crippen molar-refractivity contribution in [2.75, 3.05) is 6.61 Å². The average molecular weight is 415 g/mol. The highest BCUT2D eigenvalue weighted by Gasteiger charge is 2.17. The topological polar surface area (TPSA) is 69.4 Å². The summed E-state index contributed by atoms with van der Waals surface area (Å²) in [7, 11) is 0. The summed E-state index contributed by atoms with van der Waals surface area (Å²) < 4.78 is 6.71. The summed E-state index contributed by atoms with van der Waals surface area (Å²) in [6.45, 7) is -0.260. The van der Waals surface area contributed by atoms with Crippen molar-refractivity contribution in [2.45, 2.75) is 0 Å². The first kappa shape index (κ1) is 15.7. The van der Waals surface area contributed by atoms with E-state index in [9.17, 15) is 14.9 Å². The number of ether oxygens (including phenoxy) is 1. The summed E-state index contributed by atoms with van der Waals surface area (Å²) in [5.74, 6) is -0.187. The Morgan fingerprint density at radius 3 is 2.33 bits per heavy atom. The van der Waals surface area contributed by atoms with Crippen LogP contribution in [0.3, 0.4) is 0 Å². The number of carbonyl (C=O) groups excluding carboxylic acids is 1. The van der Waals surface area contributed by atoms with Gasteiger partial charge < -0.3 is 4.74 Å². The van der Waals surface area contributed by atoms with E-state index in [4.69, 9.17) is 4.74 Å². The molecule has 2 rings (SSSR count). The quantitative estimate of drug-likeness (QED) is 0.413. The van der Waals surface area contributed by atoms with E-state index in [2.05, 4.69) is 31.9 Å². The molecule has 7 heteroatoms. The standard InChI is InChI=1S/C14H9Br2NO4/c15-10-3-1-9(2-4-10)13(18)8-21-14-6-5-11(16)7-12(14)17(19)20/h1-7H,8H2. The van der Waals surface area contributed by atoms with Gasteiger partial charge in [0.1, 0.15) is 0 Å². The van der Waals surface area contributed by atoms with E-state index >= 15 is 0 Å². The highest BCUT2D eigenvalue weighted by molar-refractivity contribution is 9.10. The smallest absolute Gasteiger partial charge is 0.312 e. The molecule has 0 saturated heterocycles. The first-order valence-electron chi connectivity index (χ1n) is 5.83. The Morgan fingerprint density at radius 1 is 1.10 bits per heavy atom. The van der Waals surface area contributed by atoms with Crippen LogP contribution >= 0.6 is 31.9 Å². The Labute approximate surface area is 137 Å². The van der Waals surface area contributed by atoms with Crippen LogP contribution in [-0.4, -0.2) is 17.3 Å². The van der Waals surface area contributed by atoms with Crippen LogP contribution in [-0.2, 0) is 0 Å². The van der Waals surface area contributed by atoms with Crippen molar-refractivity contribution in [1.82, 2.24) is 0 Å². The zero-order valence-electron chi connectivity index (χ0n) is 10.6. The number of nitro benzene ring substituents is 1. The Morgan fingerprint density at radius 2 is 1.71 bits per heavy atom. The van der Waals surface area contributed by atoms with Crippen LogP contribution in [0.4, 0.5) is 5.69 Å². The van der Waals surface area contributed by atoms with Gasteiger partial charge in [0.2, 0.25) is 0 Å². The van der Waals surface area contributed by atoms with Gasteiger partial charge in [0.25, 0.3) is 0 Å². The lowest BCUT2D eigenvalue weighted by Crippen LogP contribution is -2.12. The number of hydrogen-bond acceptors (Lipinski definition) is 4. The Balaban J connectivity index is 2.11. The molecule has 0 spiro atoms. The summed E-state index contributed by atoms with van der Waals surface area (Å²) in [6.07, 6.45) is 0. The fourth-order valence-electron chi connectivity index (χ4n) is 1.62. The van der Waals surface area contributed by atoms with Crippen LogP contribution < -0.4 is 4.74 Å². The molecule has 2 aromatic rings. The van der Waals surface area contributed by atoms with E-state index < -0.39 is 4.92 Å². The van der Waals surface area contributed by atoms with Gasteiger partial charge in [0.05, 0.1) is 4.92 Å². The molecule has 0 bridgehead atoms. The van der Waals surface area contributed by atoms with Gasteiger partial charge in [-0.1, -0.05) is 44.0 Å². The zero-order chi connectivity index (χ0) is 15.4. The van der Waals surface area contributed by atoms with Crippen LogP contribution in [0.1, 0.15) is 10.4 Å². The van der Waals surface area contributed by atoms with Crippen molar-refractivity contribution in [3.05, 3.63) is 67.1 Å². The van der Waals surface area contributed by atoms with Crippen LogP contribution in [0.15, 0.2) is 51.4 Å². The van der Waals surface area contributed by atoms with Crippen molar-refractivity contribution in [1.29, 1.82) is 0 Å². The molecule has 0 aromatic heterocycles. The Bertz CT molecular complexity index is 686. The number of carbonyl (C=O) groups is 1. The van der Waals surface area contributed by atoms with Gasteiger partial charge in [-0.2, -0.15) is 0 Å². The van der Waals surface area contributed by atoms with Crippen LogP contribution in [0.25, 0.3) is 0 Å². The minimum Gasteiger partial charge on any atom is -0.478 e.